The van der Waals surface area contributed by atoms with Crippen LogP contribution >= 0.6 is 11.6 Å². The van der Waals surface area contributed by atoms with E-state index in [-0.39, 0.29) is 23.7 Å². The monoisotopic (exact) mass is 324 g/mol. The predicted octanol–water partition coefficient (Wildman–Crippen LogP) is 3.26. The van der Waals surface area contributed by atoms with Gasteiger partial charge in [0.1, 0.15) is 0 Å². The highest BCUT2D eigenvalue weighted by Gasteiger charge is 2.25. The minimum absolute atomic E-state index is 0.152. The maximum Gasteiger partial charge on any atom is 0.315 e. The Morgan fingerprint density at radius 3 is 2.55 bits per heavy atom. The van der Waals surface area contributed by atoms with E-state index < -0.39 is 0 Å². The molecule has 0 radical (unpaired) electrons. The van der Waals surface area contributed by atoms with Crippen LogP contribution in [0.5, 0.6) is 0 Å². The summed E-state index contributed by atoms with van der Waals surface area (Å²) in [5, 5.41) is 16.2. The van der Waals surface area contributed by atoms with E-state index >= 15 is 0 Å². The van der Waals surface area contributed by atoms with Crippen molar-refractivity contribution in [2.24, 2.45) is 0 Å². The molecule has 0 heterocycles. The maximum atomic E-state index is 12.2. The number of amides is 2. The summed E-state index contributed by atoms with van der Waals surface area (Å²) in [7, 11) is 0. The lowest BCUT2D eigenvalue weighted by Gasteiger charge is -2.30. The van der Waals surface area contributed by atoms with Crippen LogP contribution in [0.25, 0.3) is 0 Å². The molecular formula is C17H25ClN2O2. The van der Waals surface area contributed by atoms with E-state index in [0.717, 1.165) is 36.3 Å². The number of rotatable bonds is 4. The van der Waals surface area contributed by atoms with Gasteiger partial charge in [0, 0.05) is 16.6 Å². The second kappa shape index (κ2) is 7.34. The van der Waals surface area contributed by atoms with Gasteiger partial charge in [-0.05, 0) is 57.6 Å². The number of halogens is 1. The van der Waals surface area contributed by atoms with Crippen LogP contribution in [0.15, 0.2) is 24.3 Å². The van der Waals surface area contributed by atoms with Crippen LogP contribution in [0, 0.1) is 0 Å². The molecule has 0 aromatic heterocycles. The molecular weight excluding hydrogens is 300 g/mol. The van der Waals surface area contributed by atoms with E-state index in [2.05, 4.69) is 10.6 Å². The van der Waals surface area contributed by atoms with Crippen molar-refractivity contribution in [2.75, 3.05) is 0 Å². The van der Waals surface area contributed by atoms with E-state index in [9.17, 15) is 9.90 Å². The Balaban J connectivity index is 1.85. The largest absolute Gasteiger partial charge is 0.393 e. The number of benzene rings is 1. The Morgan fingerprint density at radius 1 is 1.27 bits per heavy atom. The summed E-state index contributed by atoms with van der Waals surface area (Å²) >= 11 is 6.18. The van der Waals surface area contributed by atoms with E-state index in [1.54, 1.807) is 0 Å². The number of nitrogens with one attached hydrogen (secondary N) is 2. The number of urea groups is 1. The maximum absolute atomic E-state index is 12.2. The molecule has 0 atom stereocenters. The highest BCUT2D eigenvalue weighted by Crippen LogP contribution is 2.21. The van der Waals surface area contributed by atoms with Crippen molar-refractivity contribution in [2.45, 2.75) is 63.6 Å². The van der Waals surface area contributed by atoms with Crippen LogP contribution < -0.4 is 10.6 Å². The van der Waals surface area contributed by atoms with Crippen LogP contribution in [0.1, 0.15) is 45.1 Å². The Labute approximate surface area is 137 Å². The van der Waals surface area contributed by atoms with Crippen molar-refractivity contribution in [1.29, 1.82) is 0 Å². The zero-order chi connectivity index (χ0) is 16.2. The fraction of sp³-hybridized carbons (Fsp3) is 0.588. The molecule has 0 spiro atoms. The molecule has 3 N–H and O–H groups in total. The molecule has 1 saturated carbocycles. The molecule has 2 amide bonds. The zero-order valence-electron chi connectivity index (χ0n) is 13.2. The van der Waals surface area contributed by atoms with Crippen molar-refractivity contribution >= 4 is 17.6 Å². The van der Waals surface area contributed by atoms with Crippen molar-refractivity contribution in [3.05, 3.63) is 34.9 Å². The standard InChI is InChI=1S/C17H25ClN2O2/c1-17(2,11-12-5-3-4-6-15(12)18)20-16(22)19-13-7-9-14(21)10-8-13/h3-6,13-14,21H,7-11H2,1-2H3,(H2,19,20,22). The second-order valence-electron chi connectivity index (χ2n) is 6.76. The van der Waals surface area contributed by atoms with Crippen LogP contribution in [0.3, 0.4) is 0 Å². The van der Waals surface area contributed by atoms with Crippen LogP contribution in [-0.4, -0.2) is 28.8 Å². The molecule has 1 aromatic rings. The van der Waals surface area contributed by atoms with Gasteiger partial charge in [0.25, 0.3) is 0 Å². The predicted molar refractivity (Wildman–Crippen MR) is 89.2 cm³/mol. The topological polar surface area (TPSA) is 61.4 Å². The third kappa shape index (κ3) is 5.18. The first-order chi connectivity index (χ1) is 10.4. The molecule has 0 unspecified atom stereocenters. The molecule has 0 aliphatic heterocycles. The lowest BCUT2D eigenvalue weighted by atomic mass is 9.93. The number of carbonyl (C=O) groups is 1. The summed E-state index contributed by atoms with van der Waals surface area (Å²) in [6, 6.07) is 7.69. The SMILES string of the molecule is CC(C)(Cc1ccccc1Cl)NC(=O)NC1CCC(O)CC1. The fourth-order valence-electron chi connectivity index (χ4n) is 2.91. The minimum atomic E-state index is -0.386. The van der Waals surface area contributed by atoms with Crippen LogP contribution in [-0.2, 0) is 6.42 Å². The first-order valence-electron chi connectivity index (χ1n) is 7.86. The zero-order valence-corrected chi connectivity index (χ0v) is 14.0. The molecule has 122 valence electrons. The molecule has 1 aliphatic rings. The Kier molecular flexibility index (Phi) is 5.70. The molecule has 22 heavy (non-hydrogen) atoms. The lowest BCUT2D eigenvalue weighted by molar-refractivity contribution is 0.117. The number of carbonyl (C=O) groups excluding carboxylic acids is 1. The summed E-state index contributed by atoms with van der Waals surface area (Å²) in [5.41, 5.74) is 0.638. The van der Waals surface area contributed by atoms with E-state index in [4.69, 9.17) is 11.6 Å². The molecule has 1 aliphatic carbocycles. The molecule has 0 saturated heterocycles. The lowest BCUT2D eigenvalue weighted by Crippen LogP contribution is -2.52. The fourth-order valence-corrected chi connectivity index (χ4v) is 3.11. The van der Waals surface area contributed by atoms with Gasteiger partial charge >= 0.3 is 6.03 Å². The molecule has 1 aromatic carbocycles. The third-order valence-corrected chi connectivity index (χ3v) is 4.44. The summed E-state index contributed by atoms with van der Waals surface area (Å²) in [5.74, 6) is 0. The van der Waals surface area contributed by atoms with Gasteiger partial charge in [-0.25, -0.2) is 4.79 Å². The smallest absolute Gasteiger partial charge is 0.315 e. The second-order valence-corrected chi connectivity index (χ2v) is 7.16. The average Bonchev–Trinajstić information content (AvgIpc) is 2.43. The summed E-state index contributed by atoms with van der Waals surface area (Å²) in [6.45, 7) is 3.97. The van der Waals surface area contributed by atoms with Gasteiger partial charge in [0.2, 0.25) is 0 Å². The van der Waals surface area contributed by atoms with Gasteiger partial charge in [0.15, 0.2) is 0 Å². The van der Waals surface area contributed by atoms with Gasteiger partial charge in [-0.15, -0.1) is 0 Å². The van der Waals surface area contributed by atoms with Gasteiger partial charge in [-0.1, -0.05) is 29.8 Å². The third-order valence-electron chi connectivity index (χ3n) is 4.07. The number of hydrogen-bond acceptors (Lipinski definition) is 2. The summed E-state index contributed by atoms with van der Waals surface area (Å²) < 4.78 is 0. The average molecular weight is 325 g/mol. The Morgan fingerprint density at radius 2 is 1.91 bits per heavy atom. The van der Waals surface area contributed by atoms with Gasteiger partial charge in [-0.3, -0.25) is 0 Å². The molecule has 5 heteroatoms. The number of aliphatic hydroxyl groups is 1. The minimum Gasteiger partial charge on any atom is -0.393 e. The highest BCUT2D eigenvalue weighted by atomic mass is 35.5. The first kappa shape index (κ1) is 17.1. The van der Waals surface area contributed by atoms with E-state index in [0.29, 0.717) is 6.42 Å². The highest BCUT2D eigenvalue weighted by molar-refractivity contribution is 6.31. The van der Waals surface area contributed by atoms with Crippen molar-refractivity contribution in [3.63, 3.8) is 0 Å². The van der Waals surface area contributed by atoms with E-state index in [1.165, 1.54) is 0 Å². The number of aliphatic hydroxyl groups excluding tert-OH is 1. The Bertz CT molecular complexity index is 511. The summed E-state index contributed by atoms with van der Waals surface area (Å²) in [4.78, 5) is 12.2. The quantitative estimate of drug-likeness (QED) is 0.796. The van der Waals surface area contributed by atoms with Gasteiger partial charge in [-0.2, -0.15) is 0 Å². The van der Waals surface area contributed by atoms with E-state index in [1.807, 2.05) is 38.1 Å². The number of hydrogen-bond donors (Lipinski definition) is 3. The first-order valence-corrected chi connectivity index (χ1v) is 8.24. The van der Waals surface area contributed by atoms with Crippen LogP contribution in [0.4, 0.5) is 4.79 Å². The molecule has 4 nitrogen and oxygen atoms in total. The van der Waals surface area contributed by atoms with Crippen molar-refractivity contribution in [3.8, 4) is 0 Å². The Hall–Kier alpha value is -1.26. The molecule has 0 bridgehead atoms. The molecule has 1 fully saturated rings. The van der Waals surface area contributed by atoms with Gasteiger partial charge in [0.05, 0.1) is 6.10 Å². The van der Waals surface area contributed by atoms with Crippen LogP contribution in [0.2, 0.25) is 5.02 Å². The normalized spacial score (nSPS) is 22.2. The van der Waals surface area contributed by atoms with Crippen molar-refractivity contribution in [1.82, 2.24) is 10.6 Å². The summed E-state index contributed by atoms with van der Waals surface area (Å²) in [6.07, 6.45) is 3.64. The van der Waals surface area contributed by atoms with Crippen molar-refractivity contribution < 1.29 is 9.90 Å². The van der Waals surface area contributed by atoms with Gasteiger partial charge < -0.3 is 15.7 Å². The molecule has 2 rings (SSSR count).